The molecule has 2 aromatic rings. The molecule has 1 aromatic heterocycles. The Bertz CT molecular complexity index is 772. The summed E-state index contributed by atoms with van der Waals surface area (Å²) in [6.07, 6.45) is 1.11. The Morgan fingerprint density at radius 3 is 2.48 bits per heavy atom. The van der Waals surface area contributed by atoms with Crippen molar-refractivity contribution >= 4 is 15.8 Å². The van der Waals surface area contributed by atoms with Crippen LogP contribution in [-0.2, 0) is 23.1 Å². The Labute approximate surface area is 122 Å². The van der Waals surface area contributed by atoms with Crippen molar-refractivity contribution in [1.82, 2.24) is 14.3 Å². The van der Waals surface area contributed by atoms with E-state index < -0.39 is 15.6 Å². The fourth-order valence-corrected chi connectivity index (χ4v) is 2.59. The topological polar surface area (TPSA) is 109 Å². The standard InChI is InChI=1S/C13H16N4O3S/c1-21(19,20)17(8-10-5-3-2-4-6-10)9-12-15-11(14)7-13(18)16-12/h2-7H,8-9H2,1H3,(H3,14,15,16,18). The molecule has 8 heteroatoms. The molecule has 7 nitrogen and oxygen atoms in total. The molecule has 21 heavy (non-hydrogen) atoms. The molecule has 1 heterocycles. The van der Waals surface area contributed by atoms with Gasteiger partial charge in [-0.3, -0.25) is 4.79 Å². The number of nitrogen functional groups attached to an aromatic ring is 1. The van der Waals surface area contributed by atoms with Crippen LogP contribution in [0.15, 0.2) is 41.2 Å². The summed E-state index contributed by atoms with van der Waals surface area (Å²) in [5, 5.41) is 0. The third kappa shape index (κ3) is 4.40. The Morgan fingerprint density at radius 1 is 1.24 bits per heavy atom. The van der Waals surface area contributed by atoms with Crippen molar-refractivity contribution in [3.05, 3.63) is 58.1 Å². The fraction of sp³-hybridized carbons (Fsp3) is 0.231. The highest BCUT2D eigenvalue weighted by Crippen LogP contribution is 2.11. The van der Waals surface area contributed by atoms with Crippen molar-refractivity contribution in [3.8, 4) is 0 Å². The lowest BCUT2D eigenvalue weighted by molar-refractivity contribution is 0.395. The summed E-state index contributed by atoms with van der Waals surface area (Å²) in [6, 6.07) is 10.3. The molecule has 0 bridgehead atoms. The lowest BCUT2D eigenvalue weighted by Gasteiger charge is -2.19. The number of nitrogens with two attached hydrogens (primary N) is 1. The smallest absolute Gasteiger partial charge is 0.253 e. The quantitative estimate of drug-likeness (QED) is 0.826. The van der Waals surface area contributed by atoms with Crippen LogP contribution in [0.3, 0.4) is 0 Å². The zero-order chi connectivity index (χ0) is 15.5. The highest BCUT2D eigenvalue weighted by molar-refractivity contribution is 7.88. The van der Waals surface area contributed by atoms with E-state index in [1.165, 1.54) is 4.31 Å². The van der Waals surface area contributed by atoms with Gasteiger partial charge in [-0.1, -0.05) is 30.3 Å². The zero-order valence-corrected chi connectivity index (χ0v) is 12.3. The molecule has 0 aliphatic rings. The van der Waals surface area contributed by atoms with Gasteiger partial charge < -0.3 is 10.7 Å². The molecule has 112 valence electrons. The maximum Gasteiger partial charge on any atom is 0.253 e. The second-order valence-corrected chi connectivity index (χ2v) is 6.62. The first-order chi connectivity index (χ1) is 9.84. The highest BCUT2D eigenvalue weighted by Gasteiger charge is 2.18. The SMILES string of the molecule is CS(=O)(=O)N(Cc1ccccc1)Cc1nc(N)cc(=O)[nH]1. The second-order valence-electron chi connectivity index (χ2n) is 4.63. The number of rotatable bonds is 5. The Hall–Kier alpha value is -2.19. The van der Waals surface area contributed by atoms with Gasteiger partial charge in [-0.25, -0.2) is 13.4 Å². The number of sulfonamides is 1. The van der Waals surface area contributed by atoms with Crippen molar-refractivity contribution < 1.29 is 8.42 Å². The molecule has 0 unspecified atom stereocenters. The number of H-pyrrole nitrogens is 1. The molecule has 2 rings (SSSR count). The molecule has 0 spiro atoms. The fourth-order valence-electron chi connectivity index (χ4n) is 1.85. The number of hydrogen-bond acceptors (Lipinski definition) is 5. The van der Waals surface area contributed by atoms with Crippen LogP contribution in [0.2, 0.25) is 0 Å². The predicted molar refractivity (Wildman–Crippen MR) is 79.8 cm³/mol. The molecule has 0 saturated carbocycles. The van der Waals surface area contributed by atoms with Crippen molar-refractivity contribution in [3.63, 3.8) is 0 Å². The molecule has 0 aliphatic carbocycles. The average molecular weight is 308 g/mol. The van der Waals surface area contributed by atoms with Crippen LogP contribution in [0.5, 0.6) is 0 Å². The lowest BCUT2D eigenvalue weighted by atomic mass is 10.2. The summed E-state index contributed by atoms with van der Waals surface area (Å²) in [5.74, 6) is 0.267. The molecule has 0 saturated heterocycles. The Kier molecular flexibility index (Phi) is 4.39. The summed E-state index contributed by atoms with van der Waals surface area (Å²) in [4.78, 5) is 17.8. The van der Waals surface area contributed by atoms with Crippen LogP contribution in [0.1, 0.15) is 11.4 Å². The van der Waals surface area contributed by atoms with Gasteiger partial charge in [0.1, 0.15) is 11.6 Å². The van der Waals surface area contributed by atoms with Crippen LogP contribution in [-0.4, -0.2) is 28.9 Å². The monoisotopic (exact) mass is 308 g/mol. The minimum Gasteiger partial charge on any atom is -0.383 e. The van der Waals surface area contributed by atoms with Crippen LogP contribution >= 0.6 is 0 Å². The number of nitrogens with one attached hydrogen (secondary N) is 1. The number of benzene rings is 1. The summed E-state index contributed by atoms with van der Waals surface area (Å²) in [5.41, 5.74) is 5.93. The number of hydrogen-bond donors (Lipinski definition) is 2. The van der Waals surface area contributed by atoms with Gasteiger partial charge in [0, 0.05) is 12.6 Å². The minimum absolute atomic E-state index is 0.0476. The second kappa shape index (κ2) is 6.06. The van der Waals surface area contributed by atoms with Gasteiger partial charge in [-0.05, 0) is 5.56 Å². The largest absolute Gasteiger partial charge is 0.383 e. The number of anilines is 1. The molecular formula is C13H16N4O3S. The van der Waals surface area contributed by atoms with E-state index in [4.69, 9.17) is 5.73 Å². The third-order valence-electron chi connectivity index (χ3n) is 2.81. The van der Waals surface area contributed by atoms with E-state index in [-0.39, 0.29) is 24.7 Å². The minimum atomic E-state index is -3.46. The maximum absolute atomic E-state index is 11.9. The van der Waals surface area contributed by atoms with E-state index >= 15 is 0 Å². The van der Waals surface area contributed by atoms with Crippen LogP contribution in [0.25, 0.3) is 0 Å². The van der Waals surface area contributed by atoms with Crippen LogP contribution in [0, 0.1) is 0 Å². The molecule has 0 atom stereocenters. The van der Waals surface area contributed by atoms with Gasteiger partial charge in [0.15, 0.2) is 0 Å². The van der Waals surface area contributed by atoms with E-state index in [2.05, 4.69) is 9.97 Å². The molecule has 3 N–H and O–H groups in total. The van der Waals surface area contributed by atoms with Gasteiger partial charge in [0.2, 0.25) is 10.0 Å². The molecule has 0 aliphatic heterocycles. The lowest BCUT2D eigenvalue weighted by Crippen LogP contribution is -2.30. The molecule has 0 amide bonds. The maximum atomic E-state index is 11.9. The molecule has 0 radical (unpaired) electrons. The van der Waals surface area contributed by atoms with Crippen LogP contribution < -0.4 is 11.3 Å². The molecule has 0 fully saturated rings. The van der Waals surface area contributed by atoms with Crippen LogP contribution in [0.4, 0.5) is 5.82 Å². The molecule has 1 aromatic carbocycles. The van der Waals surface area contributed by atoms with Crippen molar-refractivity contribution in [2.24, 2.45) is 0 Å². The first-order valence-electron chi connectivity index (χ1n) is 6.19. The van der Waals surface area contributed by atoms with Crippen molar-refractivity contribution in [2.75, 3.05) is 12.0 Å². The van der Waals surface area contributed by atoms with Gasteiger partial charge in [0.05, 0.1) is 12.8 Å². The first kappa shape index (κ1) is 15.2. The van der Waals surface area contributed by atoms with Gasteiger partial charge in [-0.15, -0.1) is 0 Å². The van der Waals surface area contributed by atoms with Crippen molar-refractivity contribution in [1.29, 1.82) is 0 Å². The third-order valence-corrected chi connectivity index (χ3v) is 4.00. The average Bonchev–Trinajstić information content (AvgIpc) is 2.37. The van der Waals surface area contributed by atoms with Gasteiger partial charge >= 0.3 is 0 Å². The van der Waals surface area contributed by atoms with Crippen molar-refractivity contribution in [2.45, 2.75) is 13.1 Å². The van der Waals surface area contributed by atoms with Gasteiger partial charge in [-0.2, -0.15) is 4.31 Å². The summed E-state index contributed by atoms with van der Waals surface area (Å²) >= 11 is 0. The highest BCUT2D eigenvalue weighted by atomic mass is 32.2. The van der Waals surface area contributed by atoms with E-state index in [1.54, 1.807) is 0 Å². The predicted octanol–water partition coefficient (Wildman–Crippen LogP) is 0.314. The van der Waals surface area contributed by atoms with E-state index in [9.17, 15) is 13.2 Å². The summed E-state index contributed by atoms with van der Waals surface area (Å²) in [6.45, 7) is 0.145. The van der Waals surface area contributed by atoms with E-state index in [0.717, 1.165) is 17.9 Å². The van der Waals surface area contributed by atoms with E-state index in [1.807, 2.05) is 30.3 Å². The van der Waals surface area contributed by atoms with Gasteiger partial charge in [0.25, 0.3) is 5.56 Å². The number of aromatic amines is 1. The number of nitrogens with zero attached hydrogens (tertiary/aromatic N) is 2. The Balaban J connectivity index is 2.27. The molecular weight excluding hydrogens is 292 g/mol. The zero-order valence-electron chi connectivity index (χ0n) is 11.5. The Morgan fingerprint density at radius 2 is 1.90 bits per heavy atom. The normalized spacial score (nSPS) is 11.7. The summed E-state index contributed by atoms with van der Waals surface area (Å²) < 4.78 is 25.0. The first-order valence-corrected chi connectivity index (χ1v) is 8.04. The number of aromatic nitrogens is 2. The summed E-state index contributed by atoms with van der Waals surface area (Å²) in [7, 11) is -3.46. The van der Waals surface area contributed by atoms with E-state index in [0.29, 0.717) is 0 Å².